The molecule has 0 saturated carbocycles. The molecule has 3 aromatic rings. The molecule has 0 bridgehead atoms. The van der Waals surface area contributed by atoms with E-state index < -0.39 is 10.0 Å². The summed E-state index contributed by atoms with van der Waals surface area (Å²) in [4.78, 5) is 13.6. The van der Waals surface area contributed by atoms with Crippen molar-refractivity contribution in [2.75, 3.05) is 13.1 Å². The summed E-state index contributed by atoms with van der Waals surface area (Å²) >= 11 is 1.36. The molecule has 4 heterocycles. The summed E-state index contributed by atoms with van der Waals surface area (Å²) in [5.41, 5.74) is 0.551. The van der Waals surface area contributed by atoms with E-state index in [1.165, 1.54) is 11.3 Å². The Labute approximate surface area is 167 Å². The second-order valence-electron chi connectivity index (χ2n) is 6.75. The zero-order valence-electron chi connectivity index (χ0n) is 15.5. The van der Waals surface area contributed by atoms with E-state index in [4.69, 9.17) is 4.52 Å². The van der Waals surface area contributed by atoms with Crippen LogP contribution < -0.4 is 0 Å². The molecular formula is C18H21N5O3S2. The van der Waals surface area contributed by atoms with Crippen LogP contribution in [0.3, 0.4) is 0 Å². The Hall–Kier alpha value is -2.17. The molecule has 1 fully saturated rings. The first-order valence-electron chi connectivity index (χ1n) is 9.24. The van der Waals surface area contributed by atoms with Gasteiger partial charge in [0, 0.05) is 36.8 Å². The summed E-state index contributed by atoms with van der Waals surface area (Å²) in [6.07, 6.45) is 7.87. The molecule has 0 aromatic carbocycles. The van der Waals surface area contributed by atoms with Gasteiger partial charge in [-0.25, -0.2) is 13.4 Å². The van der Waals surface area contributed by atoms with E-state index in [1.54, 1.807) is 29.0 Å². The standard InChI is InChI=1S/C18H21N5O3S2/c1-2-14-5-6-17(27-14)28(24,25)23-9-3-4-13(12-23)10-16-21-18(22-26-16)15-11-19-7-8-20-15/h5-8,11,13H,2-4,9-10,12H2,1H3. The van der Waals surface area contributed by atoms with E-state index in [-0.39, 0.29) is 5.92 Å². The number of piperidine rings is 1. The molecule has 1 saturated heterocycles. The number of rotatable bonds is 6. The maximum Gasteiger partial charge on any atom is 0.252 e. The molecule has 1 atom stereocenters. The number of aromatic nitrogens is 4. The summed E-state index contributed by atoms with van der Waals surface area (Å²) < 4.78 is 33.3. The topological polar surface area (TPSA) is 102 Å². The first-order chi connectivity index (χ1) is 13.6. The van der Waals surface area contributed by atoms with Crippen LogP contribution in [0.1, 0.15) is 30.5 Å². The fraction of sp³-hybridized carbons (Fsp3) is 0.444. The maximum absolute atomic E-state index is 13.0. The first kappa shape index (κ1) is 19.2. The van der Waals surface area contributed by atoms with Crippen LogP contribution in [0.25, 0.3) is 11.5 Å². The molecule has 1 unspecified atom stereocenters. The van der Waals surface area contributed by atoms with Crippen molar-refractivity contribution >= 4 is 21.4 Å². The predicted octanol–water partition coefficient (Wildman–Crippen LogP) is 2.79. The summed E-state index contributed by atoms with van der Waals surface area (Å²) in [7, 11) is -3.45. The van der Waals surface area contributed by atoms with Crippen LogP contribution in [0.4, 0.5) is 0 Å². The molecule has 4 rings (SSSR count). The highest BCUT2D eigenvalue weighted by atomic mass is 32.2. The molecule has 1 aliphatic rings. The first-order valence-corrected chi connectivity index (χ1v) is 11.5. The Balaban J connectivity index is 1.45. The molecule has 28 heavy (non-hydrogen) atoms. The number of hydrogen-bond donors (Lipinski definition) is 0. The Morgan fingerprint density at radius 2 is 2.21 bits per heavy atom. The molecule has 0 amide bonds. The van der Waals surface area contributed by atoms with Crippen LogP contribution in [0, 0.1) is 5.92 Å². The fourth-order valence-electron chi connectivity index (χ4n) is 3.33. The third-order valence-electron chi connectivity index (χ3n) is 4.78. The van der Waals surface area contributed by atoms with E-state index in [2.05, 4.69) is 20.1 Å². The summed E-state index contributed by atoms with van der Waals surface area (Å²) in [6.45, 7) is 3.04. The van der Waals surface area contributed by atoms with Gasteiger partial charge in [0.1, 0.15) is 9.90 Å². The van der Waals surface area contributed by atoms with E-state index in [0.717, 1.165) is 24.1 Å². The maximum atomic E-state index is 13.0. The van der Waals surface area contributed by atoms with E-state index in [9.17, 15) is 8.42 Å². The van der Waals surface area contributed by atoms with Gasteiger partial charge in [-0.1, -0.05) is 12.1 Å². The van der Waals surface area contributed by atoms with Gasteiger partial charge in [-0.2, -0.15) is 9.29 Å². The van der Waals surface area contributed by atoms with E-state index in [0.29, 0.717) is 41.1 Å². The molecule has 1 aliphatic heterocycles. The molecule has 3 aromatic heterocycles. The fourth-order valence-corrected chi connectivity index (χ4v) is 6.33. The van der Waals surface area contributed by atoms with Gasteiger partial charge in [0.05, 0.1) is 6.20 Å². The van der Waals surface area contributed by atoms with Gasteiger partial charge in [-0.05, 0) is 37.3 Å². The lowest BCUT2D eigenvalue weighted by molar-refractivity contribution is 0.247. The van der Waals surface area contributed by atoms with Gasteiger partial charge in [0.25, 0.3) is 10.0 Å². The average Bonchev–Trinajstić information content (AvgIpc) is 3.39. The Morgan fingerprint density at radius 1 is 1.32 bits per heavy atom. The quantitative estimate of drug-likeness (QED) is 0.605. The van der Waals surface area contributed by atoms with Crippen molar-refractivity contribution in [2.24, 2.45) is 5.92 Å². The number of aryl methyl sites for hydroxylation is 1. The number of thiophene rings is 1. The van der Waals surface area contributed by atoms with Crippen molar-refractivity contribution in [3.8, 4) is 11.5 Å². The number of nitrogens with zero attached hydrogens (tertiary/aromatic N) is 5. The van der Waals surface area contributed by atoms with E-state index >= 15 is 0 Å². The van der Waals surface area contributed by atoms with Crippen LogP contribution in [-0.2, 0) is 22.9 Å². The van der Waals surface area contributed by atoms with Crippen molar-refractivity contribution in [1.82, 2.24) is 24.4 Å². The lowest BCUT2D eigenvalue weighted by atomic mass is 9.96. The minimum absolute atomic E-state index is 0.143. The lowest BCUT2D eigenvalue weighted by Crippen LogP contribution is -2.40. The highest BCUT2D eigenvalue weighted by molar-refractivity contribution is 7.91. The monoisotopic (exact) mass is 419 g/mol. The number of sulfonamides is 1. The largest absolute Gasteiger partial charge is 0.339 e. The highest BCUT2D eigenvalue weighted by Gasteiger charge is 2.32. The third-order valence-corrected chi connectivity index (χ3v) is 8.35. The smallest absolute Gasteiger partial charge is 0.252 e. The molecular weight excluding hydrogens is 398 g/mol. The normalized spacial score (nSPS) is 18.4. The van der Waals surface area contributed by atoms with Gasteiger partial charge in [0.15, 0.2) is 0 Å². The second kappa shape index (κ2) is 8.06. The molecule has 8 nitrogen and oxygen atoms in total. The van der Waals surface area contributed by atoms with Crippen molar-refractivity contribution < 1.29 is 12.9 Å². The van der Waals surface area contributed by atoms with Gasteiger partial charge in [-0.15, -0.1) is 11.3 Å². The summed E-state index contributed by atoms with van der Waals surface area (Å²) in [5.74, 6) is 1.03. The van der Waals surface area contributed by atoms with Crippen LogP contribution in [0.15, 0.2) is 39.5 Å². The van der Waals surface area contributed by atoms with Crippen LogP contribution in [0.5, 0.6) is 0 Å². The third kappa shape index (κ3) is 3.98. The zero-order valence-corrected chi connectivity index (χ0v) is 17.1. The second-order valence-corrected chi connectivity index (χ2v) is 10.1. The molecule has 0 radical (unpaired) electrons. The van der Waals surface area contributed by atoms with Crippen molar-refractivity contribution in [2.45, 2.75) is 36.8 Å². The van der Waals surface area contributed by atoms with Crippen LogP contribution in [-0.4, -0.2) is 45.9 Å². The van der Waals surface area contributed by atoms with Gasteiger partial charge in [0.2, 0.25) is 11.7 Å². The Kier molecular flexibility index (Phi) is 5.51. The summed E-state index contributed by atoms with van der Waals surface area (Å²) in [5, 5.41) is 3.96. The molecule has 0 spiro atoms. The van der Waals surface area contributed by atoms with Gasteiger partial charge >= 0.3 is 0 Å². The molecule has 0 aliphatic carbocycles. The number of hydrogen-bond acceptors (Lipinski definition) is 8. The Morgan fingerprint density at radius 3 is 2.96 bits per heavy atom. The molecule has 10 heteroatoms. The molecule has 0 N–H and O–H groups in total. The lowest BCUT2D eigenvalue weighted by Gasteiger charge is -2.30. The van der Waals surface area contributed by atoms with Crippen LogP contribution >= 0.6 is 11.3 Å². The predicted molar refractivity (Wildman–Crippen MR) is 104 cm³/mol. The van der Waals surface area contributed by atoms with Gasteiger partial charge in [-0.3, -0.25) is 4.98 Å². The molecule has 148 valence electrons. The Bertz CT molecular complexity index is 1030. The zero-order chi connectivity index (χ0) is 19.6. The SMILES string of the molecule is CCc1ccc(S(=O)(=O)N2CCCC(Cc3nc(-c4cnccn4)no3)C2)s1. The minimum Gasteiger partial charge on any atom is -0.339 e. The highest BCUT2D eigenvalue weighted by Crippen LogP contribution is 2.29. The summed E-state index contributed by atoms with van der Waals surface area (Å²) in [6, 6.07) is 3.61. The van der Waals surface area contributed by atoms with Crippen LogP contribution in [0.2, 0.25) is 0 Å². The van der Waals surface area contributed by atoms with Crippen molar-refractivity contribution in [1.29, 1.82) is 0 Å². The van der Waals surface area contributed by atoms with Gasteiger partial charge < -0.3 is 4.52 Å². The minimum atomic E-state index is -3.45. The van der Waals surface area contributed by atoms with Crippen molar-refractivity contribution in [3.63, 3.8) is 0 Å². The van der Waals surface area contributed by atoms with E-state index in [1.807, 2.05) is 13.0 Å². The average molecular weight is 420 g/mol. The van der Waals surface area contributed by atoms with Crippen molar-refractivity contribution in [3.05, 3.63) is 41.5 Å².